The van der Waals surface area contributed by atoms with Crippen LogP contribution in [0.3, 0.4) is 0 Å². The third-order valence-corrected chi connectivity index (χ3v) is 3.80. The van der Waals surface area contributed by atoms with Gasteiger partial charge in [-0.1, -0.05) is 26.3 Å². The number of pyridine rings is 1. The Balaban J connectivity index is 2.67. The normalized spacial score (nSPS) is 14.9. The molecule has 2 atom stereocenters. The molecule has 0 radical (unpaired) electrons. The van der Waals surface area contributed by atoms with E-state index in [2.05, 4.69) is 18.8 Å². The molecule has 3 heteroatoms. The monoisotopic (exact) mass is 225 g/mol. The molecule has 1 aromatic rings. The molecule has 2 nitrogen and oxygen atoms in total. The topological polar surface area (TPSA) is 33.1 Å². The summed E-state index contributed by atoms with van der Waals surface area (Å²) >= 11 is 1.74. The number of rotatable bonds is 5. The van der Waals surface area contributed by atoms with Crippen molar-refractivity contribution in [2.45, 2.75) is 38.3 Å². The Morgan fingerprint density at radius 2 is 2.20 bits per heavy atom. The van der Waals surface area contributed by atoms with E-state index < -0.39 is 6.10 Å². The lowest BCUT2D eigenvalue weighted by Crippen LogP contribution is -2.00. The Labute approximate surface area is 96.1 Å². The Morgan fingerprint density at radius 1 is 1.47 bits per heavy atom. The van der Waals surface area contributed by atoms with Crippen molar-refractivity contribution >= 4 is 11.8 Å². The van der Waals surface area contributed by atoms with Gasteiger partial charge >= 0.3 is 0 Å². The average molecular weight is 225 g/mol. The molecule has 0 aliphatic heterocycles. The number of thioether (sulfide) groups is 1. The van der Waals surface area contributed by atoms with Crippen LogP contribution in [0, 0.1) is 5.92 Å². The Morgan fingerprint density at radius 3 is 2.80 bits per heavy atom. The SMILES string of the molecule is CCC(C)CSc1ncccc1[C@H](C)O. The highest BCUT2D eigenvalue weighted by Crippen LogP contribution is 2.27. The van der Waals surface area contributed by atoms with E-state index in [9.17, 15) is 5.11 Å². The summed E-state index contributed by atoms with van der Waals surface area (Å²) in [5, 5.41) is 10.5. The number of nitrogens with zero attached hydrogens (tertiary/aromatic N) is 1. The molecular weight excluding hydrogens is 206 g/mol. The van der Waals surface area contributed by atoms with E-state index in [1.165, 1.54) is 6.42 Å². The van der Waals surface area contributed by atoms with Crippen molar-refractivity contribution in [1.29, 1.82) is 0 Å². The molecule has 0 aromatic carbocycles. The van der Waals surface area contributed by atoms with Crippen LogP contribution in [0.5, 0.6) is 0 Å². The first-order chi connectivity index (χ1) is 7.15. The standard InChI is InChI=1S/C12H19NOS/c1-4-9(2)8-15-12-11(10(3)14)6-5-7-13-12/h5-7,9-10,14H,4,8H2,1-3H3/t9?,10-/m0/s1. The third-order valence-electron chi connectivity index (χ3n) is 2.45. The van der Waals surface area contributed by atoms with Gasteiger partial charge in [0.25, 0.3) is 0 Å². The lowest BCUT2D eigenvalue weighted by atomic mass is 10.2. The minimum Gasteiger partial charge on any atom is -0.389 e. The molecule has 0 bridgehead atoms. The fourth-order valence-corrected chi connectivity index (χ4v) is 2.40. The van der Waals surface area contributed by atoms with Gasteiger partial charge in [-0.15, -0.1) is 11.8 Å². The lowest BCUT2D eigenvalue weighted by molar-refractivity contribution is 0.195. The second-order valence-electron chi connectivity index (χ2n) is 3.90. The molecule has 1 heterocycles. The molecule has 0 aliphatic carbocycles. The van der Waals surface area contributed by atoms with Crippen LogP contribution in [0.4, 0.5) is 0 Å². The summed E-state index contributed by atoms with van der Waals surface area (Å²) in [6, 6.07) is 3.81. The van der Waals surface area contributed by atoms with Crippen LogP contribution >= 0.6 is 11.8 Å². The van der Waals surface area contributed by atoms with Gasteiger partial charge in [0.15, 0.2) is 0 Å². The molecule has 15 heavy (non-hydrogen) atoms. The summed E-state index contributed by atoms with van der Waals surface area (Å²) in [4.78, 5) is 4.31. The van der Waals surface area contributed by atoms with Crippen molar-refractivity contribution in [2.24, 2.45) is 5.92 Å². The number of hydrogen-bond acceptors (Lipinski definition) is 3. The second kappa shape index (κ2) is 6.13. The summed E-state index contributed by atoms with van der Waals surface area (Å²) in [6.45, 7) is 6.21. The van der Waals surface area contributed by atoms with Gasteiger partial charge in [0.05, 0.1) is 6.10 Å². The Bertz CT molecular complexity index is 301. The first kappa shape index (κ1) is 12.5. The minimum absolute atomic E-state index is 0.432. The van der Waals surface area contributed by atoms with E-state index in [0.717, 1.165) is 16.3 Å². The number of hydrogen-bond donors (Lipinski definition) is 1. The highest BCUT2D eigenvalue weighted by molar-refractivity contribution is 7.99. The maximum absolute atomic E-state index is 9.57. The van der Waals surface area contributed by atoms with Crippen molar-refractivity contribution in [1.82, 2.24) is 4.98 Å². The van der Waals surface area contributed by atoms with Gasteiger partial charge in [-0.3, -0.25) is 0 Å². The van der Waals surface area contributed by atoms with E-state index in [-0.39, 0.29) is 0 Å². The van der Waals surface area contributed by atoms with Crippen LogP contribution in [0.15, 0.2) is 23.4 Å². The maximum atomic E-state index is 9.57. The van der Waals surface area contributed by atoms with Crippen LogP contribution < -0.4 is 0 Å². The number of aliphatic hydroxyl groups is 1. The molecule has 1 rings (SSSR count). The molecule has 1 unspecified atom stereocenters. The van der Waals surface area contributed by atoms with Gasteiger partial charge in [0, 0.05) is 17.5 Å². The van der Waals surface area contributed by atoms with Crippen molar-refractivity contribution in [2.75, 3.05) is 5.75 Å². The zero-order valence-electron chi connectivity index (χ0n) is 9.60. The zero-order valence-corrected chi connectivity index (χ0v) is 10.4. The third kappa shape index (κ3) is 3.84. The summed E-state index contributed by atoms with van der Waals surface area (Å²) < 4.78 is 0. The first-order valence-corrected chi connectivity index (χ1v) is 6.39. The molecule has 0 saturated heterocycles. The van der Waals surface area contributed by atoms with E-state index >= 15 is 0 Å². The summed E-state index contributed by atoms with van der Waals surface area (Å²) in [5.74, 6) is 1.76. The van der Waals surface area contributed by atoms with Gasteiger partial charge in [-0.2, -0.15) is 0 Å². The van der Waals surface area contributed by atoms with Gasteiger partial charge < -0.3 is 5.11 Å². The molecule has 0 aliphatic rings. The van der Waals surface area contributed by atoms with Crippen LogP contribution in [-0.2, 0) is 0 Å². The first-order valence-electron chi connectivity index (χ1n) is 5.41. The number of aromatic nitrogens is 1. The molecule has 84 valence electrons. The molecule has 1 aromatic heterocycles. The van der Waals surface area contributed by atoms with Gasteiger partial charge in [0.1, 0.15) is 5.03 Å². The summed E-state index contributed by atoms with van der Waals surface area (Å²) in [5.41, 5.74) is 0.936. The molecule has 0 amide bonds. The highest BCUT2D eigenvalue weighted by atomic mass is 32.2. The predicted molar refractivity (Wildman–Crippen MR) is 65.0 cm³/mol. The van der Waals surface area contributed by atoms with Gasteiger partial charge in [-0.25, -0.2) is 4.98 Å². The van der Waals surface area contributed by atoms with Crippen molar-refractivity contribution < 1.29 is 5.11 Å². The molecular formula is C12H19NOS. The lowest BCUT2D eigenvalue weighted by Gasteiger charge is -2.12. The average Bonchev–Trinajstić information content (AvgIpc) is 2.26. The largest absolute Gasteiger partial charge is 0.389 e. The van der Waals surface area contributed by atoms with E-state index in [4.69, 9.17) is 0 Å². The second-order valence-corrected chi connectivity index (χ2v) is 4.91. The van der Waals surface area contributed by atoms with E-state index in [1.807, 2.05) is 12.1 Å². The highest BCUT2D eigenvalue weighted by Gasteiger charge is 2.10. The molecule has 0 fully saturated rings. The zero-order chi connectivity index (χ0) is 11.3. The van der Waals surface area contributed by atoms with Crippen molar-refractivity contribution in [3.8, 4) is 0 Å². The van der Waals surface area contributed by atoms with Crippen LogP contribution in [0.2, 0.25) is 0 Å². The van der Waals surface area contributed by atoms with Crippen LogP contribution in [0.1, 0.15) is 38.9 Å². The Hall–Kier alpha value is -0.540. The fourth-order valence-electron chi connectivity index (χ4n) is 1.18. The number of aliphatic hydroxyl groups excluding tert-OH is 1. The van der Waals surface area contributed by atoms with Crippen molar-refractivity contribution in [3.63, 3.8) is 0 Å². The minimum atomic E-state index is -0.432. The van der Waals surface area contributed by atoms with Crippen LogP contribution in [0.25, 0.3) is 0 Å². The molecule has 0 spiro atoms. The maximum Gasteiger partial charge on any atom is 0.102 e. The molecule has 0 saturated carbocycles. The summed E-state index contributed by atoms with van der Waals surface area (Å²) in [7, 11) is 0. The van der Waals surface area contributed by atoms with Crippen LogP contribution in [-0.4, -0.2) is 15.8 Å². The van der Waals surface area contributed by atoms with Crippen molar-refractivity contribution in [3.05, 3.63) is 23.9 Å². The molecule has 1 N–H and O–H groups in total. The van der Waals surface area contributed by atoms with Gasteiger partial charge in [-0.05, 0) is 18.9 Å². The summed E-state index contributed by atoms with van der Waals surface area (Å²) in [6.07, 6.45) is 2.53. The van der Waals surface area contributed by atoms with E-state index in [1.54, 1.807) is 24.9 Å². The quantitative estimate of drug-likeness (QED) is 0.781. The van der Waals surface area contributed by atoms with E-state index in [0.29, 0.717) is 5.92 Å². The fraction of sp³-hybridized carbons (Fsp3) is 0.583. The Kier molecular flexibility index (Phi) is 5.12. The smallest absolute Gasteiger partial charge is 0.102 e. The van der Waals surface area contributed by atoms with Gasteiger partial charge in [0.2, 0.25) is 0 Å². The predicted octanol–water partition coefficient (Wildman–Crippen LogP) is 3.27.